The predicted octanol–water partition coefficient (Wildman–Crippen LogP) is 1.64. The Hall–Kier alpha value is -3.82. The van der Waals surface area contributed by atoms with Gasteiger partial charge in [0.25, 0.3) is 5.91 Å². The first-order valence-corrected chi connectivity index (χ1v) is 13.6. The number of aryl methyl sites for hydroxylation is 1. The number of urea groups is 1. The van der Waals surface area contributed by atoms with Crippen molar-refractivity contribution in [3.63, 3.8) is 0 Å². The highest BCUT2D eigenvalue weighted by Crippen LogP contribution is 2.46. The maximum absolute atomic E-state index is 14.0. The summed E-state index contributed by atoms with van der Waals surface area (Å²) in [6, 6.07) is 8.95. The van der Waals surface area contributed by atoms with Crippen LogP contribution in [0.1, 0.15) is 29.7 Å². The molecule has 11 nitrogen and oxygen atoms in total. The van der Waals surface area contributed by atoms with Crippen molar-refractivity contribution < 1.29 is 47.1 Å². The molecule has 5 rings (SSSR count). The fourth-order valence-corrected chi connectivity index (χ4v) is 5.26. The molecule has 2 fully saturated rings. The molecule has 1 unspecified atom stereocenters. The second-order valence-corrected chi connectivity index (χ2v) is 10.3. The molecule has 0 saturated carbocycles. The molecule has 2 saturated heterocycles. The Kier molecular flexibility index (Phi) is 8.35. The summed E-state index contributed by atoms with van der Waals surface area (Å²) >= 11 is 0. The zero-order chi connectivity index (χ0) is 30.2. The number of hydrogen-bond acceptors (Lipinski definition) is 8. The van der Waals surface area contributed by atoms with E-state index in [4.69, 9.17) is 9.39 Å². The number of nitrogens with zero attached hydrogens (tertiary/aromatic N) is 3. The van der Waals surface area contributed by atoms with E-state index in [1.165, 1.54) is 21.9 Å². The molecule has 0 aliphatic carbocycles. The number of carbonyl (C=O) groups is 3. The SMILES string of the molecule is CCN1CCN(C(=O)N[C@@H](C(=O)N2CC(Oc3ccc4c(c3C(F)(F)F)OB(O)CC4)C2)c2ccccc2)C(=O)C1O. The molecule has 2 atom stereocenters. The van der Waals surface area contributed by atoms with Crippen molar-refractivity contribution in [2.45, 2.75) is 44.2 Å². The molecule has 3 heterocycles. The number of fused-ring (bicyclic) bond motifs is 1. The highest BCUT2D eigenvalue weighted by molar-refractivity contribution is 6.44. The van der Waals surface area contributed by atoms with Gasteiger partial charge in [-0.3, -0.25) is 19.4 Å². The third-order valence-electron chi connectivity index (χ3n) is 7.59. The number of nitrogens with one attached hydrogen (secondary N) is 1. The fraction of sp³-hybridized carbons (Fsp3) is 0.444. The van der Waals surface area contributed by atoms with Crippen LogP contribution in [0.5, 0.6) is 11.5 Å². The largest absolute Gasteiger partial charge is 0.535 e. The molecule has 0 aromatic heterocycles. The number of carbonyl (C=O) groups excluding carboxylic acids is 3. The van der Waals surface area contributed by atoms with Gasteiger partial charge in [0.05, 0.1) is 13.1 Å². The zero-order valence-electron chi connectivity index (χ0n) is 22.7. The van der Waals surface area contributed by atoms with E-state index in [2.05, 4.69) is 5.32 Å². The Morgan fingerprint density at radius 1 is 1.17 bits per heavy atom. The van der Waals surface area contributed by atoms with Gasteiger partial charge >= 0.3 is 19.3 Å². The van der Waals surface area contributed by atoms with E-state index in [1.807, 2.05) is 0 Å². The Bertz CT molecular complexity index is 1340. The molecule has 0 bridgehead atoms. The quantitative estimate of drug-likeness (QED) is 0.433. The summed E-state index contributed by atoms with van der Waals surface area (Å²) in [5.74, 6) is -2.28. The van der Waals surface area contributed by atoms with Crippen molar-refractivity contribution in [1.29, 1.82) is 0 Å². The van der Waals surface area contributed by atoms with Gasteiger partial charge in [0.15, 0.2) is 6.23 Å². The zero-order valence-corrected chi connectivity index (χ0v) is 22.7. The molecule has 3 aliphatic heterocycles. The lowest BCUT2D eigenvalue weighted by Gasteiger charge is -2.41. The fourth-order valence-electron chi connectivity index (χ4n) is 5.26. The number of halogens is 3. The summed E-state index contributed by atoms with van der Waals surface area (Å²) in [5.41, 5.74) is -0.368. The molecule has 15 heteroatoms. The highest BCUT2D eigenvalue weighted by atomic mass is 19.4. The van der Waals surface area contributed by atoms with Crippen molar-refractivity contribution in [2.75, 3.05) is 32.7 Å². The topological polar surface area (TPSA) is 132 Å². The van der Waals surface area contributed by atoms with Gasteiger partial charge in [-0.1, -0.05) is 43.3 Å². The smallest absolute Gasteiger partial charge is 0.522 e. The summed E-state index contributed by atoms with van der Waals surface area (Å²) in [6.07, 6.45) is -6.67. The summed E-state index contributed by atoms with van der Waals surface area (Å²) in [6.45, 7) is 2.36. The van der Waals surface area contributed by atoms with Gasteiger partial charge in [0, 0.05) is 13.1 Å². The number of imide groups is 1. The molecule has 2 aromatic rings. The van der Waals surface area contributed by atoms with Gasteiger partial charge in [-0.15, -0.1) is 0 Å². The van der Waals surface area contributed by atoms with Crippen LogP contribution < -0.4 is 14.7 Å². The Balaban J connectivity index is 1.29. The number of amides is 4. The molecular weight excluding hydrogens is 560 g/mol. The van der Waals surface area contributed by atoms with Crippen molar-refractivity contribution in [2.24, 2.45) is 0 Å². The van der Waals surface area contributed by atoms with E-state index in [0.717, 1.165) is 4.90 Å². The number of piperazine rings is 1. The van der Waals surface area contributed by atoms with Crippen molar-refractivity contribution in [3.8, 4) is 11.5 Å². The maximum Gasteiger partial charge on any atom is 0.522 e. The summed E-state index contributed by atoms with van der Waals surface area (Å²) in [5, 5.41) is 22.6. The molecular formula is C27H30BF3N4O7. The first-order valence-electron chi connectivity index (χ1n) is 13.6. The number of likely N-dealkylation sites (N-methyl/N-ethyl adjacent to an activating group) is 1. The van der Waals surface area contributed by atoms with Crippen LogP contribution in [0.25, 0.3) is 0 Å². The average Bonchev–Trinajstić information content (AvgIpc) is 2.93. The van der Waals surface area contributed by atoms with Crippen LogP contribution in [0.4, 0.5) is 18.0 Å². The molecule has 3 N–H and O–H groups in total. The maximum atomic E-state index is 14.0. The van der Waals surface area contributed by atoms with Crippen molar-refractivity contribution in [1.82, 2.24) is 20.0 Å². The minimum atomic E-state index is -4.81. The van der Waals surface area contributed by atoms with Crippen LogP contribution in [0.2, 0.25) is 6.32 Å². The number of aliphatic hydroxyl groups is 1. The standard InChI is InChI=1S/C27H30BF3N4O7/c1-2-33-12-13-35(25(38)24(33)37)26(39)32-21(16-6-4-3-5-7-16)23(36)34-14-18(15-34)41-19-9-8-17-10-11-28(40)42-22(17)20(19)27(29,30)31/h3-9,18,21,24,37,40H,2,10-15H2,1H3,(H,32,39)/t21-,24?/m1/s1. The van der Waals surface area contributed by atoms with Crippen LogP contribution in [0.3, 0.4) is 0 Å². The molecule has 0 spiro atoms. The predicted molar refractivity (Wildman–Crippen MR) is 142 cm³/mol. The number of rotatable bonds is 6. The Morgan fingerprint density at radius 2 is 1.88 bits per heavy atom. The summed E-state index contributed by atoms with van der Waals surface area (Å²) in [7, 11) is -1.36. The molecule has 0 radical (unpaired) electrons. The normalized spacial score (nSPS) is 20.4. The van der Waals surface area contributed by atoms with E-state index in [0.29, 0.717) is 17.7 Å². The number of aliphatic hydroxyl groups excluding tert-OH is 1. The number of hydrogen-bond donors (Lipinski definition) is 3. The average molecular weight is 590 g/mol. The van der Waals surface area contributed by atoms with Gasteiger partial charge < -0.3 is 29.7 Å². The van der Waals surface area contributed by atoms with Crippen LogP contribution in [0.15, 0.2) is 42.5 Å². The summed E-state index contributed by atoms with van der Waals surface area (Å²) in [4.78, 5) is 42.9. The molecule has 224 valence electrons. The number of ether oxygens (including phenoxy) is 1. The highest BCUT2D eigenvalue weighted by Gasteiger charge is 2.44. The van der Waals surface area contributed by atoms with Gasteiger partial charge in [-0.2, -0.15) is 13.2 Å². The number of alkyl halides is 3. The minimum absolute atomic E-state index is 0.0218. The number of likely N-dealkylation sites (tertiary alicyclic amines) is 1. The third kappa shape index (κ3) is 5.89. The summed E-state index contributed by atoms with van der Waals surface area (Å²) < 4.78 is 52.8. The van der Waals surface area contributed by atoms with E-state index in [9.17, 15) is 37.7 Å². The first kappa shape index (κ1) is 29.7. The second kappa shape index (κ2) is 11.8. The molecule has 4 amide bonds. The number of benzene rings is 2. The lowest BCUT2D eigenvalue weighted by atomic mass is 9.78. The van der Waals surface area contributed by atoms with Crippen LogP contribution in [0, 0.1) is 0 Å². The van der Waals surface area contributed by atoms with Crippen molar-refractivity contribution in [3.05, 3.63) is 59.2 Å². The lowest BCUT2D eigenvalue weighted by molar-refractivity contribution is -0.154. The van der Waals surface area contributed by atoms with E-state index in [-0.39, 0.29) is 38.9 Å². The van der Waals surface area contributed by atoms with E-state index >= 15 is 0 Å². The third-order valence-corrected chi connectivity index (χ3v) is 7.59. The van der Waals surface area contributed by atoms with Crippen molar-refractivity contribution >= 4 is 25.0 Å². The molecule has 3 aliphatic rings. The van der Waals surface area contributed by atoms with Gasteiger partial charge in [0.1, 0.15) is 29.2 Å². The van der Waals surface area contributed by atoms with Gasteiger partial charge in [-0.25, -0.2) is 4.79 Å². The van der Waals surface area contributed by atoms with E-state index < -0.39 is 66.6 Å². The second-order valence-electron chi connectivity index (χ2n) is 10.3. The minimum Gasteiger partial charge on any atom is -0.535 e. The van der Waals surface area contributed by atoms with Gasteiger partial charge in [-0.05, 0) is 36.5 Å². The Labute approximate surface area is 239 Å². The van der Waals surface area contributed by atoms with Crippen LogP contribution in [-0.4, -0.2) is 94.8 Å². The van der Waals surface area contributed by atoms with E-state index in [1.54, 1.807) is 37.3 Å². The van der Waals surface area contributed by atoms with Gasteiger partial charge in [0.2, 0.25) is 5.91 Å². The molecule has 2 aromatic carbocycles. The van der Waals surface area contributed by atoms with Crippen LogP contribution >= 0.6 is 0 Å². The molecule has 42 heavy (non-hydrogen) atoms. The Morgan fingerprint density at radius 3 is 2.55 bits per heavy atom. The first-order chi connectivity index (χ1) is 20.0. The monoisotopic (exact) mass is 590 g/mol. The van der Waals surface area contributed by atoms with Crippen LogP contribution in [-0.2, 0) is 22.2 Å². The lowest BCUT2D eigenvalue weighted by Crippen LogP contribution is -2.62.